The number of hydrogen-bond donors (Lipinski definition) is 1. The largest absolute Gasteiger partial charge is 0.496 e. The number of hydrogen-bond acceptors (Lipinski definition) is 2. The van der Waals surface area contributed by atoms with Crippen LogP contribution in [0.3, 0.4) is 0 Å². The highest BCUT2D eigenvalue weighted by atomic mass is 16.5. The highest BCUT2D eigenvalue weighted by Gasteiger charge is 2.19. The van der Waals surface area contributed by atoms with E-state index in [2.05, 4.69) is 5.32 Å². The molecule has 110 valence electrons. The van der Waals surface area contributed by atoms with Gasteiger partial charge in [0.25, 0.3) is 5.91 Å². The highest BCUT2D eigenvalue weighted by molar-refractivity contribution is 5.98. The van der Waals surface area contributed by atoms with E-state index in [0.717, 1.165) is 11.1 Å². The van der Waals surface area contributed by atoms with Gasteiger partial charge in [0.1, 0.15) is 5.75 Å². The van der Waals surface area contributed by atoms with Gasteiger partial charge in [-0.3, -0.25) is 4.79 Å². The monoisotopic (exact) mass is 283 g/mol. The van der Waals surface area contributed by atoms with E-state index in [-0.39, 0.29) is 11.4 Å². The van der Waals surface area contributed by atoms with Crippen molar-refractivity contribution in [3.63, 3.8) is 0 Å². The molecule has 2 rings (SSSR count). The zero-order chi connectivity index (χ0) is 15.5. The van der Waals surface area contributed by atoms with E-state index in [9.17, 15) is 4.79 Å². The highest BCUT2D eigenvalue weighted by Crippen LogP contribution is 2.27. The first-order valence-corrected chi connectivity index (χ1v) is 6.97. The lowest BCUT2D eigenvalue weighted by Gasteiger charge is -2.21. The Balaban J connectivity index is 2.42. The number of carbonyl (C=O) groups excluding carboxylic acids is 1. The van der Waals surface area contributed by atoms with Crippen molar-refractivity contribution in [1.29, 1.82) is 0 Å². The molecule has 3 heteroatoms. The van der Waals surface area contributed by atoms with Gasteiger partial charge in [-0.05, 0) is 44.0 Å². The Kier molecular flexibility index (Phi) is 4.32. The summed E-state index contributed by atoms with van der Waals surface area (Å²) in [5.41, 5.74) is 2.33. The van der Waals surface area contributed by atoms with Gasteiger partial charge >= 0.3 is 0 Å². The Morgan fingerprint density at radius 1 is 1.00 bits per heavy atom. The lowest BCUT2D eigenvalue weighted by atomic mass is 10.0. The summed E-state index contributed by atoms with van der Waals surface area (Å²) in [5.74, 6) is 0.452. The molecule has 0 aliphatic carbocycles. The molecule has 0 atom stereocenters. The van der Waals surface area contributed by atoms with Crippen LogP contribution in [-0.2, 0) is 0 Å². The van der Waals surface area contributed by atoms with E-state index in [1.165, 1.54) is 0 Å². The Morgan fingerprint density at radius 3 is 2.24 bits per heavy atom. The summed E-state index contributed by atoms with van der Waals surface area (Å²) in [6.07, 6.45) is 0. The molecular weight excluding hydrogens is 262 g/mol. The van der Waals surface area contributed by atoms with Crippen LogP contribution in [-0.4, -0.2) is 18.6 Å². The fourth-order valence-corrected chi connectivity index (χ4v) is 2.10. The van der Waals surface area contributed by atoms with Crippen molar-refractivity contribution in [2.45, 2.75) is 26.3 Å². The van der Waals surface area contributed by atoms with E-state index in [1.54, 1.807) is 7.11 Å². The van der Waals surface area contributed by atoms with Gasteiger partial charge in [0.15, 0.2) is 0 Å². The SMILES string of the molecule is COc1ccc(-c2ccccc2)cc1C(=O)NC(C)(C)C. The van der Waals surface area contributed by atoms with Crippen molar-refractivity contribution in [2.24, 2.45) is 0 Å². The van der Waals surface area contributed by atoms with Gasteiger partial charge in [-0.15, -0.1) is 0 Å². The van der Waals surface area contributed by atoms with E-state index in [1.807, 2.05) is 69.3 Å². The van der Waals surface area contributed by atoms with Gasteiger partial charge in [0.05, 0.1) is 12.7 Å². The Labute approximate surface area is 126 Å². The Hall–Kier alpha value is -2.29. The molecule has 0 aliphatic rings. The molecule has 0 bridgehead atoms. The lowest BCUT2D eigenvalue weighted by Crippen LogP contribution is -2.40. The molecule has 0 saturated heterocycles. The van der Waals surface area contributed by atoms with Gasteiger partial charge in [-0.1, -0.05) is 36.4 Å². The Morgan fingerprint density at radius 2 is 1.67 bits per heavy atom. The third kappa shape index (κ3) is 3.85. The number of benzene rings is 2. The molecule has 0 aliphatic heterocycles. The van der Waals surface area contributed by atoms with Crippen LogP contribution in [0.25, 0.3) is 11.1 Å². The van der Waals surface area contributed by atoms with E-state index >= 15 is 0 Å². The average Bonchev–Trinajstić information content (AvgIpc) is 2.45. The standard InChI is InChI=1S/C18H21NO2/c1-18(2,3)19-17(20)15-12-14(10-11-16(15)21-4)13-8-6-5-7-9-13/h5-12H,1-4H3,(H,19,20). The number of methoxy groups -OCH3 is 1. The molecule has 0 spiro atoms. The number of nitrogens with one attached hydrogen (secondary N) is 1. The van der Waals surface area contributed by atoms with Crippen molar-refractivity contribution in [3.8, 4) is 16.9 Å². The minimum atomic E-state index is -0.287. The molecule has 1 amide bonds. The van der Waals surface area contributed by atoms with Gasteiger partial charge in [0.2, 0.25) is 0 Å². The first-order valence-electron chi connectivity index (χ1n) is 6.97. The molecule has 2 aromatic carbocycles. The van der Waals surface area contributed by atoms with Gasteiger partial charge < -0.3 is 10.1 Å². The van der Waals surface area contributed by atoms with E-state index in [4.69, 9.17) is 4.74 Å². The Bertz CT molecular complexity index is 627. The van der Waals surface area contributed by atoms with Crippen LogP contribution in [0.4, 0.5) is 0 Å². The van der Waals surface area contributed by atoms with Crippen LogP contribution in [0.5, 0.6) is 5.75 Å². The third-order valence-electron chi connectivity index (χ3n) is 3.04. The zero-order valence-corrected chi connectivity index (χ0v) is 12.9. The second kappa shape index (κ2) is 6.00. The summed E-state index contributed by atoms with van der Waals surface area (Å²) >= 11 is 0. The molecule has 0 fully saturated rings. The molecule has 0 radical (unpaired) electrons. The smallest absolute Gasteiger partial charge is 0.255 e. The van der Waals surface area contributed by atoms with Crippen molar-refractivity contribution in [2.75, 3.05) is 7.11 Å². The molecular formula is C18H21NO2. The number of amides is 1. The molecule has 21 heavy (non-hydrogen) atoms. The van der Waals surface area contributed by atoms with Crippen molar-refractivity contribution in [3.05, 3.63) is 54.1 Å². The minimum Gasteiger partial charge on any atom is -0.496 e. The third-order valence-corrected chi connectivity index (χ3v) is 3.04. The lowest BCUT2D eigenvalue weighted by molar-refractivity contribution is 0.0916. The second-order valence-electron chi connectivity index (χ2n) is 5.99. The summed E-state index contributed by atoms with van der Waals surface area (Å²) in [5, 5.41) is 2.97. The molecule has 3 nitrogen and oxygen atoms in total. The summed E-state index contributed by atoms with van der Waals surface area (Å²) < 4.78 is 5.31. The fraction of sp³-hybridized carbons (Fsp3) is 0.278. The van der Waals surface area contributed by atoms with Gasteiger partial charge in [-0.25, -0.2) is 0 Å². The van der Waals surface area contributed by atoms with Crippen LogP contribution in [0, 0.1) is 0 Å². The maximum atomic E-state index is 12.4. The predicted molar refractivity (Wildman–Crippen MR) is 85.6 cm³/mol. The van der Waals surface area contributed by atoms with E-state index < -0.39 is 0 Å². The average molecular weight is 283 g/mol. The van der Waals surface area contributed by atoms with E-state index in [0.29, 0.717) is 11.3 Å². The molecule has 0 aromatic heterocycles. The molecule has 1 N–H and O–H groups in total. The second-order valence-corrected chi connectivity index (χ2v) is 5.99. The molecule has 0 unspecified atom stereocenters. The summed E-state index contributed by atoms with van der Waals surface area (Å²) in [7, 11) is 1.57. The quantitative estimate of drug-likeness (QED) is 0.928. The van der Waals surface area contributed by atoms with Crippen LogP contribution in [0.15, 0.2) is 48.5 Å². The number of rotatable bonds is 3. The predicted octanol–water partition coefficient (Wildman–Crippen LogP) is 3.89. The van der Waals surface area contributed by atoms with Crippen LogP contribution in [0.2, 0.25) is 0 Å². The first-order chi connectivity index (χ1) is 9.90. The maximum absolute atomic E-state index is 12.4. The summed E-state index contributed by atoms with van der Waals surface area (Å²) in [4.78, 5) is 12.4. The van der Waals surface area contributed by atoms with Crippen LogP contribution in [0.1, 0.15) is 31.1 Å². The fourth-order valence-electron chi connectivity index (χ4n) is 2.10. The first kappa shape index (κ1) is 15.1. The van der Waals surface area contributed by atoms with Crippen LogP contribution >= 0.6 is 0 Å². The molecule has 0 saturated carbocycles. The maximum Gasteiger partial charge on any atom is 0.255 e. The van der Waals surface area contributed by atoms with Crippen molar-refractivity contribution < 1.29 is 9.53 Å². The number of carbonyl (C=O) groups is 1. The van der Waals surface area contributed by atoms with Gasteiger partial charge in [-0.2, -0.15) is 0 Å². The minimum absolute atomic E-state index is 0.128. The van der Waals surface area contributed by atoms with Crippen molar-refractivity contribution >= 4 is 5.91 Å². The zero-order valence-electron chi connectivity index (χ0n) is 12.9. The van der Waals surface area contributed by atoms with Crippen molar-refractivity contribution in [1.82, 2.24) is 5.32 Å². The summed E-state index contributed by atoms with van der Waals surface area (Å²) in [6, 6.07) is 15.6. The van der Waals surface area contributed by atoms with Crippen LogP contribution < -0.4 is 10.1 Å². The number of ether oxygens (including phenoxy) is 1. The summed E-state index contributed by atoms with van der Waals surface area (Å²) in [6.45, 7) is 5.87. The normalized spacial score (nSPS) is 11.0. The molecule has 2 aromatic rings. The van der Waals surface area contributed by atoms with Gasteiger partial charge in [0, 0.05) is 5.54 Å². The molecule has 0 heterocycles. The topological polar surface area (TPSA) is 38.3 Å².